The van der Waals surface area contributed by atoms with Crippen LogP contribution in [0, 0.1) is 5.82 Å². The van der Waals surface area contributed by atoms with E-state index in [4.69, 9.17) is 15.2 Å². The quantitative estimate of drug-likeness (QED) is 0.927. The Morgan fingerprint density at radius 1 is 1.29 bits per heavy atom. The molecule has 0 radical (unpaired) electrons. The van der Waals surface area contributed by atoms with Crippen molar-refractivity contribution in [1.29, 1.82) is 0 Å². The minimum absolute atomic E-state index is 0.0108. The lowest BCUT2D eigenvalue weighted by atomic mass is 9.79. The molecule has 1 spiro atoms. The molecule has 3 nitrogen and oxygen atoms in total. The molecule has 1 saturated heterocycles. The first-order valence-electron chi connectivity index (χ1n) is 8.00. The maximum absolute atomic E-state index is 13.8. The summed E-state index contributed by atoms with van der Waals surface area (Å²) >= 11 is 0. The first kappa shape index (κ1) is 14.8. The molecule has 1 saturated carbocycles. The molecule has 1 heterocycles. The maximum Gasteiger partial charge on any atom is 0.131 e. The van der Waals surface area contributed by atoms with E-state index in [1.54, 1.807) is 6.07 Å². The molecule has 1 unspecified atom stereocenters. The number of hydrogen-bond donors (Lipinski definition) is 1. The van der Waals surface area contributed by atoms with Gasteiger partial charge in [0.1, 0.15) is 17.7 Å². The Morgan fingerprint density at radius 3 is 2.81 bits per heavy atom. The minimum atomic E-state index is -0.283. The lowest BCUT2D eigenvalue weighted by Crippen LogP contribution is -2.45. The average molecular weight is 293 g/mol. The summed E-state index contributed by atoms with van der Waals surface area (Å²) in [4.78, 5) is 0. The van der Waals surface area contributed by atoms with Crippen LogP contribution in [0.4, 0.5) is 4.39 Å². The van der Waals surface area contributed by atoms with E-state index in [2.05, 4.69) is 0 Å². The van der Waals surface area contributed by atoms with Gasteiger partial charge in [-0.15, -0.1) is 0 Å². The molecular formula is C17H24FNO2. The van der Waals surface area contributed by atoms with Crippen LogP contribution in [0.1, 0.15) is 50.5 Å². The van der Waals surface area contributed by atoms with Gasteiger partial charge in [-0.25, -0.2) is 4.39 Å². The van der Waals surface area contributed by atoms with Gasteiger partial charge in [0, 0.05) is 31.0 Å². The van der Waals surface area contributed by atoms with Gasteiger partial charge in [0.15, 0.2) is 0 Å². The van der Waals surface area contributed by atoms with Crippen LogP contribution < -0.4 is 10.5 Å². The number of nitrogens with two attached hydrogens (primary N) is 1. The molecule has 1 aliphatic heterocycles. The van der Waals surface area contributed by atoms with Crippen LogP contribution in [0.2, 0.25) is 0 Å². The molecule has 4 heteroatoms. The molecule has 1 atom stereocenters. The van der Waals surface area contributed by atoms with Gasteiger partial charge in [-0.1, -0.05) is 25.3 Å². The number of hydrogen-bond acceptors (Lipinski definition) is 3. The SMILES string of the molecule is NCc1ccc(OC2CCOC3(CCCCC3)C2)cc1F. The van der Waals surface area contributed by atoms with Crippen molar-refractivity contribution >= 4 is 0 Å². The van der Waals surface area contributed by atoms with E-state index in [9.17, 15) is 4.39 Å². The van der Waals surface area contributed by atoms with Crippen molar-refractivity contribution in [3.63, 3.8) is 0 Å². The highest BCUT2D eigenvalue weighted by Gasteiger charge is 2.39. The second-order valence-electron chi connectivity index (χ2n) is 6.28. The van der Waals surface area contributed by atoms with Gasteiger partial charge in [-0.2, -0.15) is 0 Å². The Kier molecular flexibility index (Phi) is 4.45. The molecule has 2 N–H and O–H groups in total. The van der Waals surface area contributed by atoms with Gasteiger partial charge >= 0.3 is 0 Å². The van der Waals surface area contributed by atoms with Gasteiger partial charge in [-0.3, -0.25) is 0 Å². The van der Waals surface area contributed by atoms with Crippen molar-refractivity contribution in [3.05, 3.63) is 29.6 Å². The van der Waals surface area contributed by atoms with E-state index in [-0.39, 0.29) is 24.1 Å². The molecule has 1 aromatic rings. The minimum Gasteiger partial charge on any atom is -0.490 e. The lowest BCUT2D eigenvalue weighted by molar-refractivity contribution is -0.129. The lowest BCUT2D eigenvalue weighted by Gasteiger charge is -2.43. The summed E-state index contributed by atoms with van der Waals surface area (Å²) in [6, 6.07) is 4.97. The summed E-state index contributed by atoms with van der Waals surface area (Å²) in [6.07, 6.45) is 7.98. The van der Waals surface area contributed by atoms with Gasteiger partial charge in [0.25, 0.3) is 0 Å². The summed E-state index contributed by atoms with van der Waals surface area (Å²) in [6.45, 7) is 0.959. The fourth-order valence-corrected chi connectivity index (χ4v) is 3.59. The van der Waals surface area contributed by atoms with Gasteiger partial charge in [-0.05, 0) is 18.9 Å². The third-order valence-corrected chi connectivity index (χ3v) is 4.76. The predicted molar refractivity (Wildman–Crippen MR) is 79.7 cm³/mol. The summed E-state index contributed by atoms with van der Waals surface area (Å²) in [5.41, 5.74) is 6.02. The second-order valence-corrected chi connectivity index (χ2v) is 6.28. The number of rotatable bonds is 3. The standard InChI is InChI=1S/C17H24FNO2/c18-16-10-14(5-4-13(16)12-19)21-15-6-9-20-17(11-15)7-2-1-3-8-17/h4-5,10,15H,1-3,6-9,11-12,19H2. The Labute approximate surface area is 125 Å². The van der Waals surface area contributed by atoms with Crippen molar-refractivity contribution in [3.8, 4) is 5.75 Å². The second kappa shape index (κ2) is 6.32. The molecule has 3 rings (SSSR count). The zero-order valence-electron chi connectivity index (χ0n) is 12.4. The number of halogens is 1. The van der Waals surface area contributed by atoms with Crippen molar-refractivity contribution in [1.82, 2.24) is 0 Å². The molecule has 116 valence electrons. The van der Waals surface area contributed by atoms with Gasteiger partial charge < -0.3 is 15.2 Å². The summed E-state index contributed by atoms with van der Waals surface area (Å²) < 4.78 is 25.8. The third-order valence-electron chi connectivity index (χ3n) is 4.76. The Bertz CT molecular complexity index is 480. The van der Waals surface area contributed by atoms with E-state index in [0.717, 1.165) is 32.3 Å². The average Bonchev–Trinajstić information content (AvgIpc) is 2.48. The fraction of sp³-hybridized carbons (Fsp3) is 0.647. The van der Waals surface area contributed by atoms with E-state index in [1.165, 1.54) is 25.3 Å². The van der Waals surface area contributed by atoms with Crippen molar-refractivity contribution in [2.45, 2.75) is 63.2 Å². The van der Waals surface area contributed by atoms with E-state index in [1.807, 2.05) is 6.07 Å². The zero-order valence-corrected chi connectivity index (χ0v) is 12.4. The molecule has 1 aliphatic carbocycles. The van der Waals surface area contributed by atoms with Crippen LogP contribution in [0.3, 0.4) is 0 Å². The molecular weight excluding hydrogens is 269 g/mol. The summed E-state index contributed by atoms with van der Waals surface area (Å²) in [7, 11) is 0. The Hall–Kier alpha value is -1.13. The molecule has 2 aliphatic rings. The largest absolute Gasteiger partial charge is 0.490 e. The van der Waals surface area contributed by atoms with Crippen molar-refractivity contribution < 1.29 is 13.9 Å². The van der Waals surface area contributed by atoms with Crippen LogP contribution in [0.5, 0.6) is 5.75 Å². The fourth-order valence-electron chi connectivity index (χ4n) is 3.59. The molecule has 0 aromatic heterocycles. The normalized spacial score (nSPS) is 25.0. The number of ether oxygens (including phenoxy) is 2. The Balaban J connectivity index is 1.65. The first-order chi connectivity index (χ1) is 10.2. The monoisotopic (exact) mass is 293 g/mol. The molecule has 21 heavy (non-hydrogen) atoms. The number of benzene rings is 1. The molecule has 0 bridgehead atoms. The third kappa shape index (κ3) is 3.38. The van der Waals surface area contributed by atoms with E-state index in [0.29, 0.717) is 11.3 Å². The van der Waals surface area contributed by atoms with Gasteiger partial charge in [0.2, 0.25) is 0 Å². The first-order valence-corrected chi connectivity index (χ1v) is 8.00. The van der Waals surface area contributed by atoms with Crippen LogP contribution in [-0.2, 0) is 11.3 Å². The Morgan fingerprint density at radius 2 is 2.10 bits per heavy atom. The summed E-state index contributed by atoms with van der Waals surface area (Å²) in [5, 5.41) is 0. The van der Waals surface area contributed by atoms with Crippen LogP contribution in [0.15, 0.2) is 18.2 Å². The van der Waals surface area contributed by atoms with Gasteiger partial charge in [0.05, 0.1) is 12.2 Å². The highest BCUT2D eigenvalue weighted by molar-refractivity contribution is 5.29. The van der Waals surface area contributed by atoms with Crippen LogP contribution >= 0.6 is 0 Å². The smallest absolute Gasteiger partial charge is 0.131 e. The molecule has 0 amide bonds. The van der Waals surface area contributed by atoms with Crippen molar-refractivity contribution in [2.24, 2.45) is 5.73 Å². The predicted octanol–water partition coefficient (Wildman–Crippen LogP) is 3.55. The summed E-state index contributed by atoms with van der Waals surface area (Å²) in [5.74, 6) is 0.317. The van der Waals surface area contributed by atoms with Crippen molar-refractivity contribution in [2.75, 3.05) is 6.61 Å². The van der Waals surface area contributed by atoms with Crippen LogP contribution in [-0.4, -0.2) is 18.3 Å². The molecule has 1 aromatic carbocycles. The van der Waals surface area contributed by atoms with Crippen LogP contribution in [0.25, 0.3) is 0 Å². The molecule has 2 fully saturated rings. The maximum atomic E-state index is 13.8. The topological polar surface area (TPSA) is 44.5 Å². The van der Waals surface area contributed by atoms with E-state index >= 15 is 0 Å². The van der Waals surface area contributed by atoms with E-state index < -0.39 is 0 Å². The highest BCUT2D eigenvalue weighted by atomic mass is 19.1. The zero-order chi connectivity index (χ0) is 14.7. The highest BCUT2D eigenvalue weighted by Crippen LogP contribution is 2.39.